The van der Waals surface area contributed by atoms with Gasteiger partial charge in [0.05, 0.1) is 0 Å². The highest BCUT2D eigenvalue weighted by Gasteiger charge is 2.56. The van der Waals surface area contributed by atoms with Crippen LogP contribution in [0.4, 0.5) is 20.5 Å². The van der Waals surface area contributed by atoms with E-state index in [4.69, 9.17) is 5.11 Å². The molecular formula is C19H24F2N4O2. The van der Waals surface area contributed by atoms with Gasteiger partial charge in [-0.1, -0.05) is 0 Å². The topological polar surface area (TPSA) is 69.6 Å². The zero-order chi connectivity index (χ0) is 18.9. The molecule has 4 atom stereocenters. The zero-order valence-electron chi connectivity index (χ0n) is 15.3. The number of carboxylic acid groups (broad SMARTS) is 1. The van der Waals surface area contributed by atoms with Crippen molar-refractivity contribution in [2.45, 2.75) is 44.6 Å². The molecule has 1 aromatic heterocycles. The Kier molecular flexibility index (Phi) is 3.65. The molecule has 4 aliphatic rings. The van der Waals surface area contributed by atoms with Gasteiger partial charge in [0.1, 0.15) is 11.5 Å². The number of nitrogens with zero attached hydrogens (tertiary/aromatic N) is 4. The molecule has 2 saturated carbocycles. The molecule has 4 fully saturated rings. The molecule has 1 N–H and O–H groups in total. The van der Waals surface area contributed by atoms with Gasteiger partial charge in [0.25, 0.3) is 5.92 Å². The summed E-state index contributed by atoms with van der Waals surface area (Å²) in [6.45, 7) is 4.25. The van der Waals surface area contributed by atoms with Crippen molar-refractivity contribution >= 4 is 17.7 Å². The first-order valence-corrected chi connectivity index (χ1v) is 9.85. The van der Waals surface area contributed by atoms with Crippen molar-refractivity contribution in [3.05, 3.63) is 11.8 Å². The summed E-state index contributed by atoms with van der Waals surface area (Å²) < 4.78 is 29.5. The first-order chi connectivity index (χ1) is 12.8. The summed E-state index contributed by atoms with van der Waals surface area (Å²) in [5.41, 5.74) is -0.160. The zero-order valence-corrected chi connectivity index (χ0v) is 15.3. The van der Waals surface area contributed by atoms with Gasteiger partial charge in [-0.2, -0.15) is 13.8 Å². The fourth-order valence-corrected chi connectivity index (χ4v) is 4.69. The largest absolute Gasteiger partial charge is 0.481 e. The van der Waals surface area contributed by atoms with Crippen LogP contribution in [-0.2, 0) is 10.7 Å². The summed E-state index contributed by atoms with van der Waals surface area (Å²) >= 11 is 0. The van der Waals surface area contributed by atoms with E-state index in [1.807, 2.05) is 9.80 Å². The number of rotatable bonds is 6. The number of piperidine rings is 1. The monoisotopic (exact) mass is 378 g/mol. The van der Waals surface area contributed by atoms with Crippen LogP contribution in [0.15, 0.2) is 6.07 Å². The second-order valence-electron chi connectivity index (χ2n) is 8.63. The maximum absolute atomic E-state index is 14.8. The van der Waals surface area contributed by atoms with Gasteiger partial charge in [-0.15, -0.1) is 0 Å². The average Bonchev–Trinajstić information content (AvgIpc) is 3.51. The van der Waals surface area contributed by atoms with Crippen molar-refractivity contribution in [2.24, 2.45) is 23.7 Å². The van der Waals surface area contributed by atoms with Crippen molar-refractivity contribution in [2.75, 3.05) is 29.4 Å². The number of hydrogen-bond donors (Lipinski definition) is 1. The third-order valence-corrected chi connectivity index (χ3v) is 6.81. The van der Waals surface area contributed by atoms with Gasteiger partial charge < -0.3 is 14.9 Å². The van der Waals surface area contributed by atoms with Gasteiger partial charge in [0.15, 0.2) is 0 Å². The molecule has 6 nitrogen and oxygen atoms in total. The van der Waals surface area contributed by atoms with E-state index in [-0.39, 0.29) is 24.1 Å². The molecule has 0 unspecified atom stereocenters. The Morgan fingerprint density at radius 1 is 1.26 bits per heavy atom. The van der Waals surface area contributed by atoms with Gasteiger partial charge in [-0.05, 0) is 43.9 Å². The lowest BCUT2D eigenvalue weighted by Crippen LogP contribution is -2.47. The van der Waals surface area contributed by atoms with Crippen molar-refractivity contribution < 1.29 is 18.7 Å². The Labute approximate surface area is 156 Å². The first-order valence-electron chi connectivity index (χ1n) is 9.85. The summed E-state index contributed by atoms with van der Waals surface area (Å²) in [4.78, 5) is 23.8. The number of aromatic nitrogens is 2. The fraction of sp³-hybridized carbons (Fsp3) is 0.737. The van der Waals surface area contributed by atoms with Gasteiger partial charge in [0.2, 0.25) is 5.95 Å². The molecule has 8 heteroatoms. The summed E-state index contributed by atoms with van der Waals surface area (Å²) in [6.07, 6.45) is 2.32. The van der Waals surface area contributed by atoms with E-state index in [0.717, 1.165) is 13.0 Å². The molecule has 0 bridgehead atoms. The minimum atomic E-state index is -2.91. The van der Waals surface area contributed by atoms with E-state index in [9.17, 15) is 13.6 Å². The number of halogens is 2. The number of anilines is 2. The Bertz CT molecular complexity index is 773. The normalized spacial score (nSPS) is 32.3. The number of fused-ring (bicyclic) bond motifs is 1. The van der Waals surface area contributed by atoms with Gasteiger partial charge in [-0.3, -0.25) is 4.79 Å². The minimum Gasteiger partial charge on any atom is -0.481 e. The van der Waals surface area contributed by atoms with Crippen LogP contribution in [0.25, 0.3) is 0 Å². The number of alkyl halides is 2. The molecule has 1 aromatic rings. The predicted octanol–water partition coefficient (Wildman–Crippen LogP) is 2.73. The van der Waals surface area contributed by atoms with E-state index in [0.29, 0.717) is 49.5 Å². The Balaban J connectivity index is 1.41. The van der Waals surface area contributed by atoms with Crippen LogP contribution >= 0.6 is 0 Å². The molecule has 0 aromatic carbocycles. The molecule has 0 amide bonds. The second kappa shape index (κ2) is 5.75. The van der Waals surface area contributed by atoms with Crippen LogP contribution in [0.1, 0.15) is 38.3 Å². The van der Waals surface area contributed by atoms with Gasteiger partial charge >= 0.3 is 5.97 Å². The molecule has 3 heterocycles. The molecule has 2 aliphatic heterocycles. The maximum atomic E-state index is 14.8. The number of carbonyl (C=O) groups is 1. The van der Waals surface area contributed by atoms with E-state index < -0.39 is 17.8 Å². The summed E-state index contributed by atoms with van der Waals surface area (Å²) in [6, 6.07) is 1.73. The fourth-order valence-electron chi connectivity index (χ4n) is 4.69. The van der Waals surface area contributed by atoms with Crippen LogP contribution in [0, 0.1) is 23.7 Å². The highest BCUT2D eigenvalue weighted by molar-refractivity contribution is 5.68. The van der Waals surface area contributed by atoms with E-state index in [1.54, 1.807) is 0 Å². The molecule has 146 valence electrons. The number of hydrogen-bond acceptors (Lipinski definition) is 5. The smallest absolute Gasteiger partial charge is 0.303 e. The highest BCUT2D eigenvalue weighted by Crippen LogP contribution is 2.55. The molecule has 0 radical (unpaired) electrons. The van der Waals surface area contributed by atoms with Crippen molar-refractivity contribution in [1.29, 1.82) is 0 Å². The lowest BCUT2D eigenvalue weighted by atomic mass is 10.1. The molecule has 0 spiro atoms. The molecule has 2 aliphatic carbocycles. The minimum absolute atomic E-state index is 0.160. The maximum Gasteiger partial charge on any atom is 0.303 e. The second-order valence-corrected chi connectivity index (χ2v) is 8.63. The number of aliphatic carboxylic acids is 1. The van der Waals surface area contributed by atoms with Crippen molar-refractivity contribution in [1.82, 2.24) is 9.97 Å². The van der Waals surface area contributed by atoms with Gasteiger partial charge in [-0.25, -0.2) is 4.98 Å². The van der Waals surface area contributed by atoms with Crippen LogP contribution in [0.3, 0.4) is 0 Å². The third kappa shape index (κ3) is 2.84. The van der Waals surface area contributed by atoms with Crippen LogP contribution in [0.5, 0.6) is 0 Å². The Morgan fingerprint density at radius 2 is 1.96 bits per heavy atom. The SMILES string of the molecule is C[C@H]1CCN1c1nc(N2C[C@@H]3[C@@H](CC(=O)O)[C@@H]3C2)cc(C(F)(F)C2CC2)n1. The standard InChI is InChI=1S/C19H24F2N4O2/c1-10-4-5-25(10)18-22-15(19(20,21)11-2-3-11)7-16(23-18)24-8-13-12(6-17(26)27)14(13)9-24/h7,10-14H,2-6,8-9H2,1H3,(H,26,27)/t10-,12-,13-,14+/m0/s1. The highest BCUT2D eigenvalue weighted by atomic mass is 19.3. The lowest BCUT2D eigenvalue weighted by Gasteiger charge is -2.39. The summed E-state index contributed by atoms with van der Waals surface area (Å²) in [5, 5.41) is 8.98. The Morgan fingerprint density at radius 3 is 2.48 bits per heavy atom. The lowest BCUT2D eigenvalue weighted by molar-refractivity contribution is -0.137. The van der Waals surface area contributed by atoms with Crippen molar-refractivity contribution in [3.8, 4) is 0 Å². The molecule has 5 rings (SSSR count). The molecule has 2 saturated heterocycles. The first kappa shape index (κ1) is 17.1. The van der Waals surface area contributed by atoms with Crippen LogP contribution in [0.2, 0.25) is 0 Å². The predicted molar refractivity (Wildman–Crippen MR) is 95.0 cm³/mol. The van der Waals surface area contributed by atoms with E-state index in [2.05, 4.69) is 16.9 Å². The average molecular weight is 378 g/mol. The van der Waals surface area contributed by atoms with E-state index in [1.165, 1.54) is 6.07 Å². The Hall–Kier alpha value is -1.99. The van der Waals surface area contributed by atoms with Crippen LogP contribution < -0.4 is 9.80 Å². The van der Waals surface area contributed by atoms with Crippen LogP contribution in [-0.4, -0.2) is 46.7 Å². The van der Waals surface area contributed by atoms with E-state index >= 15 is 0 Å². The van der Waals surface area contributed by atoms with Gasteiger partial charge in [0, 0.05) is 44.1 Å². The third-order valence-electron chi connectivity index (χ3n) is 6.81. The number of carboxylic acids is 1. The summed E-state index contributed by atoms with van der Waals surface area (Å²) in [7, 11) is 0. The molecular weight excluding hydrogens is 354 g/mol. The summed E-state index contributed by atoms with van der Waals surface area (Å²) in [5.74, 6) is -2.39. The quantitative estimate of drug-likeness (QED) is 0.821. The molecule has 27 heavy (non-hydrogen) atoms. The van der Waals surface area contributed by atoms with Crippen molar-refractivity contribution in [3.63, 3.8) is 0 Å².